The first kappa shape index (κ1) is 20.2. The number of carbonyl (C=O) groups is 1. The number of benzene rings is 2. The molecule has 0 fully saturated rings. The maximum atomic E-state index is 8.25. The van der Waals surface area contributed by atoms with E-state index in [0.717, 1.165) is 11.4 Å². The minimum absolute atomic E-state index is 0.0599. The predicted octanol–water partition coefficient (Wildman–Crippen LogP) is 2.19. The van der Waals surface area contributed by atoms with Gasteiger partial charge in [0.15, 0.2) is 0 Å². The summed E-state index contributed by atoms with van der Waals surface area (Å²) in [6.07, 6.45) is 1.96. The Bertz CT molecular complexity index is 855. The van der Waals surface area contributed by atoms with Crippen LogP contribution in [-0.4, -0.2) is 44.2 Å². The lowest BCUT2D eigenvalue weighted by atomic mass is 9.82. The van der Waals surface area contributed by atoms with E-state index >= 15 is 0 Å². The molecule has 0 saturated carbocycles. The second-order valence-corrected chi connectivity index (χ2v) is 6.65. The lowest BCUT2D eigenvalue weighted by Gasteiger charge is -2.16. The van der Waals surface area contributed by atoms with Crippen LogP contribution < -0.4 is 14.9 Å². The van der Waals surface area contributed by atoms with Gasteiger partial charge in [-0.2, -0.15) is 9.68 Å². The lowest BCUT2D eigenvalue weighted by molar-refractivity contribution is -0.400. The van der Waals surface area contributed by atoms with Gasteiger partial charge in [-0.1, -0.05) is 18.2 Å². The number of hydrazone groups is 1. The Morgan fingerprint density at radius 2 is 1.74 bits per heavy atom. The van der Waals surface area contributed by atoms with E-state index in [1.54, 1.807) is 7.11 Å². The molecular weight excluding hydrogens is 342 g/mol. The highest BCUT2D eigenvalue weighted by molar-refractivity contribution is 6.33. The number of methoxy groups -OCH3 is 1. The maximum Gasteiger partial charge on any atom is 0.212 e. The number of hydrogen-bond donors (Lipinski definition) is 0. The summed E-state index contributed by atoms with van der Waals surface area (Å²) in [5.74, 6) is 0.845. The van der Waals surface area contributed by atoms with Gasteiger partial charge in [0, 0.05) is 25.1 Å². The molecule has 0 amide bonds. The van der Waals surface area contributed by atoms with Gasteiger partial charge in [0.25, 0.3) is 0 Å². The number of nitrogens with zero attached hydrogens (tertiary/aromatic N) is 3. The Balaban J connectivity index is 0.000000817. The van der Waals surface area contributed by atoms with E-state index in [4.69, 9.17) is 14.6 Å². The normalized spacial score (nSPS) is 14.4. The molecule has 1 heterocycles. The Hall–Kier alpha value is -3.15. The first-order valence-electron chi connectivity index (χ1n) is 8.54. The predicted molar refractivity (Wildman–Crippen MR) is 106 cm³/mol. The number of anilines is 1. The van der Waals surface area contributed by atoms with Gasteiger partial charge in [-0.05, 0) is 38.1 Å². The van der Waals surface area contributed by atoms with Crippen LogP contribution in [0.25, 0.3) is 0 Å². The molecule has 142 valence electrons. The van der Waals surface area contributed by atoms with Crippen molar-refractivity contribution in [3.63, 3.8) is 0 Å². The Labute approximate surface area is 160 Å². The number of carbonyl (C=O) groups excluding carboxylic acids is 1. The largest absolute Gasteiger partial charge is 0.554 e. The molecule has 27 heavy (non-hydrogen) atoms. The van der Waals surface area contributed by atoms with Crippen molar-refractivity contribution in [1.82, 2.24) is 0 Å². The highest BCUT2D eigenvalue weighted by Gasteiger charge is 2.43. The van der Waals surface area contributed by atoms with E-state index in [2.05, 4.69) is 54.8 Å². The van der Waals surface area contributed by atoms with E-state index in [9.17, 15) is 0 Å². The molecule has 6 nitrogen and oxygen atoms in total. The van der Waals surface area contributed by atoms with Crippen LogP contribution in [0.15, 0.2) is 53.6 Å². The molecule has 0 aliphatic carbocycles. The van der Waals surface area contributed by atoms with Crippen molar-refractivity contribution in [2.45, 2.75) is 19.3 Å². The molecule has 0 spiro atoms. The van der Waals surface area contributed by atoms with Gasteiger partial charge in [-0.25, -0.2) is 0 Å². The average Bonchev–Trinajstić information content (AvgIpc) is 2.87. The zero-order chi connectivity index (χ0) is 20.0. The molecule has 2 aromatic rings. The summed E-state index contributed by atoms with van der Waals surface area (Å²) in [6.45, 7) is 3.98. The van der Waals surface area contributed by atoms with Crippen molar-refractivity contribution in [3.8, 4) is 5.75 Å². The van der Waals surface area contributed by atoms with Gasteiger partial charge in [-0.3, -0.25) is 5.01 Å². The van der Waals surface area contributed by atoms with Crippen LogP contribution >= 0.6 is 0 Å². The van der Waals surface area contributed by atoms with Crippen LogP contribution in [0.2, 0.25) is 0 Å². The summed E-state index contributed by atoms with van der Waals surface area (Å²) in [6, 6.07) is 16.4. The second-order valence-electron chi connectivity index (χ2n) is 6.65. The molecular formula is C21H25N3O3. The number of rotatable bonds is 4. The Morgan fingerprint density at radius 1 is 1.15 bits per heavy atom. The Morgan fingerprint density at radius 3 is 2.30 bits per heavy atom. The van der Waals surface area contributed by atoms with E-state index < -0.39 is 6.47 Å². The highest BCUT2D eigenvalue weighted by atomic mass is 16.5. The van der Waals surface area contributed by atoms with Crippen LogP contribution in [0.5, 0.6) is 5.75 Å². The van der Waals surface area contributed by atoms with Crippen molar-refractivity contribution in [1.29, 1.82) is 0 Å². The fourth-order valence-corrected chi connectivity index (χ4v) is 3.24. The van der Waals surface area contributed by atoms with Crippen LogP contribution in [0.1, 0.15) is 19.4 Å². The van der Waals surface area contributed by atoms with Crippen molar-refractivity contribution in [3.05, 3.63) is 54.1 Å². The van der Waals surface area contributed by atoms with E-state index in [0.29, 0.717) is 0 Å². The molecule has 1 aliphatic heterocycles. The first-order valence-corrected chi connectivity index (χ1v) is 8.54. The van der Waals surface area contributed by atoms with Gasteiger partial charge in [0.05, 0.1) is 18.2 Å². The fraction of sp³-hybridized carbons (Fsp3) is 0.286. The maximum absolute atomic E-state index is 8.25. The molecule has 0 saturated heterocycles. The van der Waals surface area contributed by atoms with Crippen molar-refractivity contribution < 1.29 is 19.2 Å². The van der Waals surface area contributed by atoms with Crippen LogP contribution in [-0.2, 0) is 10.2 Å². The quantitative estimate of drug-likeness (QED) is 0.360. The average molecular weight is 367 g/mol. The fourth-order valence-electron chi connectivity index (χ4n) is 3.24. The molecule has 6 heteroatoms. The minimum Gasteiger partial charge on any atom is -0.554 e. The number of para-hydroxylation sites is 1. The smallest absolute Gasteiger partial charge is 0.212 e. The van der Waals surface area contributed by atoms with Crippen molar-refractivity contribution in [2.75, 3.05) is 26.2 Å². The number of ether oxygens (including phenoxy) is 1. The Kier molecular flexibility index (Phi) is 6.34. The molecule has 1 aliphatic rings. The molecule has 0 aromatic heterocycles. The molecule has 0 unspecified atom stereocenters. The zero-order valence-corrected chi connectivity index (χ0v) is 16.3. The summed E-state index contributed by atoms with van der Waals surface area (Å²) in [5.41, 5.74) is 4.72. The van der Waals surface area contributed by atoms with E-state index in [1.165, 1.54) is 17.0 Å². The summed E-state index contributed by atoms with van der Waals surface area (Å²) in [5, 5.41) is 14.8. The summed E-state index contributed by atoms with van der Waals surface area (Å²) in [4.78, 5) is 8.25. The second kappa shape index (κ2) is 8.49. The minimum atomic E-state index is -0.500. The lowest BCUT2D eigenvalue weighted by Crippen LogP contribution is -2.30. The highest BCUT2D eigenvalue weighted by Crippen LogP contribution is 2.38. The van der Waals surface area contributed by atoms with Crippen molar-refractivity contribution in [2.24, 2.45) is 5.10 Å². The topological polar surface area (TPSA) is 68.0 Å². The van der Waals surface area contributed by atoms with Gasteiger partial charge >= 0.3 is 0 Å². The SMILES string of the molecule is COc1ccc(N(C)N=CC2=[N+](C)c3ccccc3C2(C)C)cc1.O=C[O-]. The van der Waals surface area contributed by atoms with Gasteiger partial charge in [0.1, 0.15) is 19.0 Å². The summed E-state index contributed by atoms with van der Waals surface area (Å²) < 4.78 is 7.42. The van der Waals surface area contributed by atoms with Gasteiger partial charge < -0.3 is 14.6 Å². The number of hydrogen-bond acceptors (Lipinski definition) is 5. The standard InChI is InChI=1S/C20H24N3O.CH2O2/c1-20(2)17-8-6-7-9-18(17)22(3)19(20)14-21-23(4)15-10-12-16(24-5)13-11-15;2-1-3/h6-14H,1-5H3;1H,(H,2,3)/q+1;/p-1. The molecule has 0 radical (unpaired) electrons. The van der Waals surface area contributed by atoms with E-state index in [-0.39, 0.29) is 5.41 Å². The van der Waals surface area contributed by atoms with E-state index in [1.807, 2.05) is 42.5 Å². The molecule has 0 atom stereocenters. The number of fused-ring (bicyclic) bond motifs is 1. The van der Waals surface area contributed by atoms with Crippen LogP contribution in [0, 0.1) is 0 Å². The molecule has 0 bridgehead atoms. The van der Waals surface area contributed by atoms with Gasteiger partial charge in [0.2, 0.25) is 11.4 Å². The first-order chi connectivity index (χ1) is 12.9. The summed E-state index contributed by atoms with van der Waals surface area (Å²) >= 11 is 0. The van der Waals surface area contributed by atoms with Crippen molar-refractivity contribution >= 4 is 29.8 Å². The third kappa shape index (κ3) is 4.16. The zero-order valence-electron chi connectivity index (χ0n) is 16.3. The van der Waals surface area contributed by atoms with Crippen LogP contribution in [0.4, 0.5) is 11.4 Å². The monoisotopic (exact) mass is 367 g/mol. The summed E-state index contributed by atoms with van der Waals surface area (Å²) in [7, 11) is 5.72. The van der Waals surface area contributed by atoms with Crippen LogP contribution in [0.3, 0.4) is 0 Å². The third-order valence-electron chi connectivity index (χ3n) is 4.74. The molecule has 2 aromatic carbocycles. The number of carboxylic acid groups (broad SMARTS) is 1. The third-order valence-corrected chi connectivity index (χ3v) is 4.74. The molecule has 3 rings (SSSR count). The van der Waals surface area contributed by atoms with Gasteiger partial charge in [-0.15, -0.1) is 0 Å². The molecule has 0 N–H and O–H groups in total.